The maximum Gasteiger partial charge on any atom is 0.266 e. The lowest BCUT2D eigenvalue weighted by atomic mass is 10.1. The Balaban J connectivity index is 1.57. The second-order valence-corrected chi connectivity index (χ2v) is 7.09. The number of carbonyl (C=O) groups excluding carboxylic acids is 1. The third kappa shape index (κ3) is 5.09. The number of rotatable bonds is 6. The van der Waals surface area contributed by atoms with Crippen LogP contribution in [-0.2, 0) is 4.79 Å². The molecule has 2 aromatic carbocycles. The van der Waals surface area contributed by atoms with Crippen molar-refractivity contribution in [1.29, 1.82) is 5.26 Å². The lowest BCUT2D eigenvalue weighted by Crippen LogP contribution is -2.49. The van der Waals surface area contributed by atoms with Crippen molar-refractivity contribution in [3.63, 3.8) is 0 Å². The minimum Gasteiger partial charge on any atom is -0.497 e. The molecule has 2 aromatic rings. The number of halogens is 1. The van der Waals surface area contributed by atoms with Crippen molar-refractivity contribution in [3.05, 3.63) is 71.7 Å². The van der Waals surface area contributed by atoms with Crippen molar-refractivity contribution in [2.75, 3.05) is 38.2 Å². The molecule has 1 N–H and O–H groups in total. The van der Waals surface area contributed by atoms with Gasteiger partial charge in [-0.25, -0.2) is 4.39 Å². The van der Waals surface area contributed by atoms with E-state index in [9.17, 15) is 14.4 Å². The molecule has 0 aromatic heterocycles. The van der Waals surface area contributed by atoms with Crippen LogP contribution in [0.2, 0.25) is 0 Å². The van der Waals surface area contributed by atoms with Crippen LogP contribution in [0.4, 0.5) is 10.1 Å². The molecule has 1 amide bonds. The molecule has 0 spiro atoms. The average Bonchev–Trinajstić information content (AvgIpc) is 2.80. The monoisotopic (exact) mass is 408 g/mol. The first-order chi connectivity index (χ1) is 14.5. The van der Waals surface area contributed by atoms with Crippen LogP contribution in [0.1, 0.15) is 18.5 Å². The lowest BCUT2D eigenvalue weighted by Gasteiger charge is -2.36. The Hall–Kier alpha value is -3.53. The van der Waals surface area contributed by atoms with Gasteiger partial charge in [-0.15, -0.1) is 0 Å². The van der Waals surface area contributed by atoms with Crippen molar-refractivity contribution in [2.24, 2.45) is 0 Å². The number of methoxy groups -OCH3 is 1. The fourth-order valence-corrected chi connectivity index (χ4v) is 3.33. The second kappa shape index (κ2) is 9.79. The number of anilines is 1. The van der Waals surface area contributed by atoms with Crippen LogP contribution in [0.5, 0.6) is 5.75 Å². The highest BCUT2D eigenvalue weighted by Crippen LogP contribution is 2.19. The molecule has 1 unspecified atom stereocenters. The van der Waals surface area contributed by atoms with Gasteiger partial charge in [0.1, 0.15) is 23.2 Å². The Kier molecular flexibility index (Phi) is 6.91. The highest BCUT2D eigenvalue weighted by molar-refractivity contribution is 5.97. The van der Waals surface area contributed by atoms with E-state index in [0.29, 0.717) is 26.2 Å². The van der Waals surface area contributed by atoms with Crippen LogP contribution in [0, 0.1) is 17.1 Å². The molecule has 30 heavy (non-hydrogen) atoms. The molecule has 0 radical (unpaired) electrons. The number of benzene rings is 2. The van der Waals surface area contributed by atoms with E-state index in [4.69, 9.17) is 4.74 Å². The number of nitrogens with zero attached hydrogens (tertiary/aromatic N) is 3. The zero-order valence-electron chi connectivity index (χ0n) is 17.1. The Morgan fingerprint density at radius 1 is 1.13 bits per heavy atom. The predicted octanol–water partition coefficient (Wildman–Crippen LogP) is 3.24. The number of hydrogen-bond donors (Lipinski definition) is 1. The number of carbonyl (C=O) groups is 1. The van der Waals surface area contributed by atoms with E-state index in [2.05, 4.69) is 10.2 Å². The minimum absolute atomic E-state index is 0.0672. The summed E-state index contributed by atoms with van der Waals surface area (Å²) in [5, 5.41) is 12.6. The summed E-state index contributed by atoms with van der Waals surface area (Å²) in [6.45, 7) is 4.23. The molecule has 0 aliphatic carbocycles. The van der Waals surface area contributed by atoms with Gasteiger partial charge >= 0.3 is 0 Å². The van der Waals surface area contributed by atoms with Gasteiger partial charge in [0, 0.05) is 44.1 Å². The first kappa shape index (κ1) is 21.2. The maximum atomic E-state index is 13.1. The number of nitrogens with one attached hydrogen (secondary N) is 1. The quantitative estimate of drug-likeness (QED) is 0.587. The standard InChI is InChI=1S/C23H25FN4O2/c1-17(18-3-9-22(30-2)10-4-18)26-16-19(15-25)23(29)28-13-11-27(12-14-28)21-7-5-20(24)6-8-21/h3-10,16-17,26H,11-14H2,1-2H3/b19-16-. The molecular formula is C23H25FN4O2. The zero-order valence-corrected chi connectivity index (χ0v) is 17.1. The summed E-state index contributed by atoms with van der Waals surface area (Å²) in [6, 6.07) is 15.9. The summed E-state index contributed by atoms with van der Waals surface area (Å²) in [5.74, 6) is 0.215. The van der Waals surface area contributed by atoms with Gasteiger partial charge in [-0.3, -0.25) is 4.79 Å². The fourth-order valence-electron chi connectivity index (χ4n) is 3.33. The smallest absolute Gasteiger partial charge is 0.266 e. The SMILES string of the molecule is COc1ccc(C(C)N/C=C(/C#N)C(=O)N2CCN(c3ccc(F)cc3)CC2)cc1. The summed E-state index contributed by atoms with van der Waals surface area (Å²) < 4.78 is 18.3. The van der Waals surface area contributed by atoms with E-state index in [1.807, 2.05) is 37.3 Å². The molecular weight excluding hydrogens is 383 g/mol. The van der Waals surface area contributed by atoms with E-state index >= 15 is 0 Å². The Morgan fingerprint density at radius 2 is 1.77 bits per heavy atom. The second-order valence-electron chi connectivity index (χ2n) is 7.09. The normalized spacial score (nSPS) is 15.3. The Bertz CT molecular complexity index is 927. The third-order valence-corrected chi connectivity index (χ3v) is 5.20. The molecule has 0 saturated carbocycles. The minimum atomic E-state index is -0.286. The molecule has 1 atom stereocenters. The summed E-state index contributed by atoms with van der Waals surface area (Å²) in [4.78, 5) is 16.5. The number of ether oxygens (including phenoxy) is 1. The zero-order chi connectivity index (χ0) is 21.5. The molecule has 6 nitrogen and oxygen atoms in total. The molecule has 156 valence electrons. The molecule has 1 aliphatic rings. The molecule has 1 fully saturated rings. The topological polar surface area (TPSA) is 68.6 Å². The molecule has 3 rings (SSSR count). The maximum absolute atomic E-state index is 13.1. The average molecular weight is 408 g/mol. The first-order valence-corrected chi connectivity index (χ1v) is 9.82. The van der Waals surface area contributed by atoms with Crippen LogP contribution in [0.3, 0.4) is 0 Å². The Labute approximate surface area is 176 Å². The van der Waals surface area contributed by atoms with Crippen LogP contribution in [0.25, 0.3) is 0 Å². The number of amides is 1. The highest BCUT2D eigenvalue weighted by Gasteiger charge is 2.24. The largest absolute Gasteiger partial charge is 0.497 e. The van der Waals surface area contributed by atoms with Crippen LogP contribution in [-0.4, -0.2) is 44.1 Å². The van der Waals surface area contributed by atoms with Gasteiger partial charge in [0.2, 0.25) is 0 Å². The predicted molar refractivity (Wildman–Crippen MR) is 113 cm³/mol. The number of hydrogen-bond acceptors (Lipinski definition) is 5. The van der Waals surface area contributed by atoms with Gasteiger partial charge in [-0.2, -0.15) is 5.26 Å². The molecule has 1 heterocycles. The summed E-state index contributed by atoms with van der Waals surface area (Å²) in [7, 11) is 1.61. The van der Waals surface area contributed by atoms with E-state index < -0.39 is 0 Å². The van der Waals surface area contributed by atoms with Crippen molar-refractivity contribution < 1.29 is 13.9 Å². The number of piperazine rings is 1. The van der Waals surface area contributed by atoms with Crippen LogP contribution in [0.15, 0.2) is 60.3 Å². The van der Waals surface area contributed by atoms with Crippen LogP contribution >= 0.6 is 0 Å². The first-order valence-electron chi connectivity index (χ1n) is 9.82. The van der Waals surface area contributed by atoms with Crippen molar-refractivity contribution in [3.8, 4) is 11.8 Å². The third-order valence-electron chi connectivity index (χ3n) is 5.20. The van der Waals surface area contributed by atoms with Gasteiger partial charge in [0.25, 0.3) is 5.91 Å². The molecule has 1 aliphatic heterocycles. The van der Waals surface area contributed by atoms with Gasteiger partial charge in [0.15, 0.2) is 0 Å². The molecule has 7 heteroatoms. The highest BCUT2D eigenvalue weighted by atomic mass is 19.1. The van der Waals surface area contributed by atoms with E-state index in [0.717, 1.165) is 17.0 Å². The molecule has 1 saturated heterocycles. The lowest BCUT2D eigenvalue weighted by molar-refractivity contribution is -0.127. The fraction of sp³-hybridized carbons (Fsp3) is 0.304. The number of nitriles is 1. The van der Waals surface area contributed by atoms with Gasteiger partial charge in [0.05, 0.1) is 7.11 Å². The van der Waals surface area contributed by atoms with E-state index in [1.54, 1.807) is 24.1 Å². The van der Waals surface area contributed by atoms with E-state index in [1.165, 1.54) is 18.3 Å². The summed E-state index contributed by atoms with van der Waals surface area (Å²) in [5.41, 5.74) is 2.02. The van der Waals surface area contributed by atoms with Crippen LogP contribution < -0.4 is 15.0 Å². The Morgan fingerprint density at radius 3 is 2.33 bits per heavy atom. The van der Waals surface area contributed by atoms with E-state index in [-0.39, 0.29) is 23.3 Å². The van der Waals surface area contributed by atoms with Gasteiger partial charge < -0.3 is 19.9 Å². The molecule has 0 bridgehead atoms. The van der Waals surface area contributed by atoms with Crippen molar-refractivity contribution in [1.82, 2.24) is 10.2 Å². The van der Waals surface area contributed by atoms with Gasteiger partial charge in [-0.05, 0) is 48.9 Å². The van der Waals surface area contributed by atoms with Gasteiger partial charge in [-0.1, -0.05) is 12.1 Å². The summed E-state index contributed by atoms with van der Waals surface area (Å²) >= 11 is 0. The van der Waals surface area contributed by atoms with Crippen molar-refractivity contribution >= 4 is 11.6 Å². The van der Waals surface area contributed by atoms with Crippen molar-refractivity contribution in [2.45, 2.75) is 13.0 Å². The summed E-state index contributed by atoms with van der Waals surface area (Å²) in [6.07, 6.45) is 1.49.